The smallest absolute Gasteiger partial charge is 0.405 e. The van der Waals surface area contributed by atoms with Gasteiger partial charge in [-0.25, -0.2) is 9.18 Å². The SMILES string of the molecule is CC(OC(N)=O)c1ccc(F)c(O)c1. The maximum atomic E-state index is 12.6. The molecule has 0 spiro atoms. The molecule has 0 saturated carbocycles. The summed E-state index contributed by atoms with van der Waals surface area (Å²) in [6.07, 6.45) is -1.53. The average molecular weight is 199 g/mol. The highest BCUT2D eigenvalue weighted by atomic mass is 19.1. The van der Waals surface area contributed by atoms with Gasteiger partial charge in [0.2, 0.25) is 0 Å². The van der Waals surface area contributed by atoms with Crippen LogP contribution in [0.3, 0.4) is 0 Å². The maximum Gasteiger partial charge on any atom is 0.405 e. The normalized spacial score (nSPS) is 12.1. The van der Waals surface area contributed by atoms with Crippen molar-refractivity contribution >= 4 is 6.09 Å². The predicted octanol–water partition coefficient (Wildman–Crippen LogP) is 1.69. The van der Waals surface area contributed by atoms with Crippen molar-refractivity contribution < 1.29 is 19.0 Å². The Morgan fingerprint density at radius 2 is 2.29 bits per heavy atom. The fraction of sp³-hybridized carbons (Fsp3) is 0.222. The Balaban J connectivity index is 2.85. The number of hydrogen-bond donors (Lipinski definition) is 2. The molecule has 0 aliphatic rings. The van der Waals surface area contributed by atoms with Gasteiger partial charge in [0.1, 0.15) is 6.10 Å². The summed E-state index contributed by atoms with van der Waals surface area (Å²) in [5.41, 5.74) is 5.28. The van der Waals surface area contributed by atoms with E-state index >= 15 is 0 Å². The average Bonchev–Trinajstić information content (AvgIpc) is 2.08. The number of carbonyl (C=O) groups excluding carboxylic acids is 1. The third kappa shape index (κ3) is 2.35. The molecule has 0 fully saturated rings. The molecule has 4 nitrogen and oxygen atoms in total. The standard InChI is InChI=1S/C9H10FNO3/c1-5(14-9(11)13)6-2-3-7(10)8(12)4-6/h2-5,12H,1H3,(H2,11,13). The summed E-state index contributed by atoms with van der Waals surface area (Å²) in [6, 6.07) is 3.68. The molecule has 1 unspecified atom stereocenters. The second kappa shape index (κ2) is 3.95. The molecule has 1 amide bonds. The van der Waals surface area contributed by atoms with Gasteiger partial charge in [0.25, 0.3) is 0 Å². The molecule has 0 bridgehead atoms. The Morgan fingerprint density at radius 3 is 2.79 bits per heavy atom. The van der Waals surface area contributed by atoms with E-state index in [4.69, 9.17) is 10.8 Å². The number of hydrogen-bond acceptors (Lipinski definition) is 3. The Morgan fingerprint density at radius 1 is 1.64 bits per heavy atom. The minimum absolute atomic E-state index is 0.475. The highest BCUT2D eigenvalue weighted by Gasteiger charge is 2.11. The molecule has 14 heavy (non-hydrogen) atoms. The molecule has 76 valence electrons. The lowest BCUT2D eigenvalue weighted by Gasteiger charge is -2.11. The summed E-state index contributed by atoms with van der Waals surface area (Å²) in [5.74, 6) is -1.21. The molecule has 0 heterocycles. The molecule has 0 aromatic heterocycles. The molecule has 0 aliphatic heterocycles. The molecule has 5 heteroatoms. The minimum Gasteiger partial charge on any atom is -0.505 e. The number of primary amides is 1. The molecule has 1 atom stereocenters. The summed E-state index contributed by atoms with van der Waals surface area (Å²) in [6.45, 7) is 1.57. The second-order valence-electron chi connectivity index (χ2n) is 2.79. The van der Waals surface area contributed by atoms with Gasteiger partial charge in [-0.05, 0) is 24.6 Å². The highest BCUT2D eigenvalue weighted by molar-refractivity contribution is 5.65. The van der Waals surface area contributed by atoms with Gasteiger partial charge in [-0.1, -0.05) is 6.07 Å². The Labute approximate surface area is 80.1 Å². The first-order valence-corrected chi connectivity index (χ1v) is 3.95. The van der Waals surface area contributed by atoms with Crippen molar-refractivity contribution in [3.8, 4) is 5.75 Å². The van der Waals surface area contributed by atoms with Crippen LogP contribution in [0, 0.1) is 5.82 Å². The minimum atomic E-state index is -0.915. The fourth-order valence-electron chi connectivity index (χ4n) is 1.02. The van der Waals surface area contributed by atoms with Crippen molar-refractivity contribution in [3.05, 3.63) is 29.6 Å². The van der Waals surface area contributed by atoms with E-state index in [1.807, 2.05) is 0 Å². The van der Waals surface area contributed by atoms with E-state index in [0.29, 0.717) is 5.56 Å². The van der Waals surface area contributed by atoms with E-state index in [0.717, 1.165) is 6.07 Å². The Bertz CT molecular complexity index is 354. The first-order chi connectivity index (χ1) is 6.50. The number of halogens is 1. The summed E-state index contributed by atoms with van der Waals surface area (Å²) < 4.78 is 17.3. The van der Waals surface area contributed by atoms with E-state index < -0.39 is 23.8 Å². The van der Waals surface area contributed by atoms with Crippen molar-refractivity contribution in [2.75, 3.05) is 0 Å². The van der Waals surface area contributed by atoms with Crippen LogP contribution < -0.4 is 5.73 Å². The monoisotopic (exact) mass is 199 g/mol. The summed E-state index contributed by atoms with van der Waals surface area (Å²) in [4.78, 5) is 10.4. The second-order valence-corrected chi connectivity index (χ2v) is 2.79. The lowest BCUT2D eigenvalue weighted by Crippen LogP contribution is -2.15. The first-order valence-electron chi connectivity index (χ1n) is 3.95. The zero-order chi connectivity index (χ0) is 10.7. The number of ether oxygens (including phenoxy) is 1. The van der Waals surface area contributed by atoms with Crippen LogP contribution in [0.15, 0.2) is 18.2 Å². The van der Waals surface area contributed by atoms with Crippen LogP contribution in [-0.4, -0.2) is 11.2 Å². The van der Waals surface area contributed by atoms with Gasteiger partial charge < -0.3 is 15.6 Å². The molecule has 1 aromatic carbocycles. The van der Waals surface area contributed by atoms with Gasteiger partial charge in [0, 0.05) is 0 Å². The molecule has 0 saturated heterocycles. The van der Waals surface area contributed by atoms with E-state index in [9.17, 15) is 9.18 Å². The van der Waals surface area contributed by atoms with Crippen LogP contribution >= 0.6 is 0 Å². The van der Waals surface area contributed by atoms with Crippen LogP contribution in [-0.2, 0) is 4.74 Å². The zero-order valence-electron chi connectivity index (χ0n) is 7.53. The van der Waals surface area contributed by atoms with Gasteiger partial charge in [0.05, 0.1) is 0 Å². The van der Waals surface area contributed by atoms with E-state index in [-0.39, 0.29) is 0 Å². The maximum absolute atomic E-state index is 12.6. The van der Waals surface area contributed by atoms with Crippen LogP contribution in [0.1, 0.15) is 18.6 Å². The highest BCUT2D eigenvalue weighted by Crippen LogP contribution is 2.23. The van der Waals surface area contributed by atoms with Crippen LogP contribution in [0.25, 0.3) is 0 Å². The number of carbonyl (C=O) groups is 1. The van der Waals surface area contributed by atoms with Crippen molar-refractivity contribution in [1.82, 2.24) is 0 Å². The lowest BCUT2D eigenvalue weighted by atomic mass is 10.1. The number of rotatable bonds is 2. The summed E-state index contributed by atoms with van der Waals surface area (Å²) in [5, 5.41) is 9.04. The van der Waals surface area contributed by atoms with E-state index in [2.05, 4.69) is 4.74 Å². The topological polar surface area (TPSA) is 72.5 Å². The third-order valence-corrected chi connectivity index (χ3v) is 1.73. The van der Waals surface area contributed by atoms with Crippen LogP contribution in [0.4, 0.5) is 9.18 Å². The van der Waals surface area contributed by atoms with Crippen molar-refractivity contribution in [2.24, 2.45) is 5.73 Å². The molecule has 1 rings (SSSR count). The Kier molecular flexibility index (Phi) is 2.91. The van der Waals surface area contributed by atoms with Gasteiger partial charge in [0.15, 0.2) is 11.6 Å². The lowest BCUT2D eigenvalue weighted by molar-refractivity contribution is 0.116. The number of phenols is 1. The van der Waals surface area contributed by atoms with Crippen molar-refractivity contribution in [1.29, 1.82) is 0 Å². The molecule has 0 aliphatic carbocycles. The number of amides is 1. The van der Waals surface area contributed by atoms with E-state index in [1.54, 1.807) is 6.92 Å². The van der Waals surface area contributed by atoms with Gasteiger partial charge in [-0.2, -0.15) is 0 Å². The zero-order valence-corrected chi connectivity index (χ0v) is 7.53. The van der Waals surface area contributed by atoms with Gasteiger partial charge >= 0.3 is 6.09 Å². The van der Waals surface area contributed by atoms with Crippen LogP contribution in [0.5, 0.6) is 5.75 Å². The fourth-order valence-corrected chi connectivity index (χ4v) is 1.02. The quantitative estimate of drug-likeness (QED) is 0.761. The van der Waals surface area contributed by atoms with E-state index in [1.165, 1.54) is 12.1 Å². The summed E-state index contributed by atoms with van der Waals surface area (Å²) in [7, 11) is 0. The van der Waals surface area contributed by atoms with Gasteiger partial charge in [-0.3, -0.25) is 0 Å². The molecular formula is C9H10FNO3. The number of nitrogens with two attached hydrogens (primary N) is 1. The first kappa shape index (κ1) is 10.3. The number of phenolic OH excluding ortho intramolecular Hbond substituents is 1. The van der Waals surface area contributed by atoms with Gasteiger partial charge in [-0.15, -0.1) is 0 Å². The molecule has 3 N–H and O–H groups in total. The van der Waals surface area contributed by atoms with Crippen LogP contribution in [0.2, 0.25) is 0 Å². The number of aromatic hydroxyl groups is 1. The third-order valence-electron chi connectivity index (χ3n) is 1.73. The number of benzene rings is 1. The molecule has 1 aromatic rings. The van der Waals surface area contributed by atoms with Crippen molar-refractivity contribution in [3.63, 3.8) is 0 Å². The molecule has 0 radical (unpaired) electrons. The van der Waals surface area contributed by atoms with Crippen molar-refractivity contribution in [2.45, 2.75) is 13.0 Å². The largest absolute Gasteiger partial charge is 0.505 e. The predicted molar refractivity (Wildman–Crippen MR) is 47.1 cm³/mol. The Hall–Kier alpha value is -1.78. The molecular weight excluding hydrogens is 189 g/mol. The summed E-state index contributed by atoms with van der Waals surface area (Å²) >= 11 is 0.